The largest absolute Gasteiger partial charge is 0.381 e. The highest BCUT2D eigenvalue weighted by molar-refractivity contribution is 5.12. The molecule has 1 aromatic heterocycles. The van der Waals surface area contributed by atoms with E-state index in [1.165, 1.54) is 6.07 Å². The summed E-state index contributed by atoms with van der Waals surface area (Å²) in [5, 5.41) is 0. The summed E-state index contributed by atoms with van der Waals surface area (Å²) in [7, 11) is 0. The molecule has 0 aliphatic carbocycles. The monoisotopic (exact) mass is 210 g/mol. The van der Waals surface area contributed by atoms with Gasteiger partial charge in [-0.1, -0.05) is 0 Å². The summed E-state index contributed by atoms with van der Waals surface area (Å²) in [4.78, 5) is 4.00. The van der Waals surface area contributed by atoms with E-state index in [1.807, 2.05) is 0 Å². The molecular weight excluding hydrogens is 195 g/mol. The topological polar surface area (TPSA) is 48.1 Å². The van der Waals surface area contributed by atoms with Crippen LogP contribution >= 0.6 is 0 Å². The maximum atomic E-state index is 13.4. The van der Waals surface area contributed by atoms with Crippen molar-refractivity contribution in [1.29, 1.82) is 0 Å². The number of hydrogen-bond acceptors (Lipinski definition) is 3. The highest BCUT2D eigenvalue weighted by Crippen LogP contribution is 2.26. The first kappa shape index (κ1) is 10.5. The molecule has 0 spiro atoms. The molecule has 0 aromatic carbocycles. The number of halogens is 1. The van der Waals surface area contributed by atoms with Crippen LogP contribution in [0.3, 0.4) is 0 Å². The molecule has 2 heterocycles. The number of rotatable bonds is 2. The fourth-order valence-electron chi connectivity index (χ4n) is 1.92. The Morgan fingerprint density at radius 1 is 1.60 bits per heavy atom. The Morgan fingerprint density at radius 2 is 2.47 bits per heavy atom. The Morgan fingerprint density at radius 3 is 3.13 bits per heavy atom. The molecule has 1 saturated heterocycles. The third-order valence-corrected chi connectivity index (χ3v) is 2.81. The molecule has 2 atom stereocenters. The molecule has 0 saturated carbocycles. The summed E-state index contributed by atoms with van der Waals surface area (Å²) in [5.41, 5.74) is 6.34. The summed E-state index contributed by atoms with van der Waals surface area (Å²) < 4.78 is 18.7. The van der Waals surface area contributed by atoms with Crippen LogP contribution in [0.5, 0.6) is 0 Å². The van der Waals surface area contributed by atoms with Crippen LogP contribution in [0.25, 0.3) is 0 Å². The third kappa shape index (κ3) is 2.33. The van der Waals surface area contributed by atoms with Gasteiger partial charge in [-0.3, -0.25) is 4.98 Å². The quantitative estimate of drug-likeness (QED) is 0.807. The van der Waals surface area contributed by atoms with Gasteiger partial charge in [-0.2, -0.15) is 0 Å². The standard InChI is InChI=1S/C11H15FN2O/c12-9-4-1-5-14-11(9)10(13)8-3-2-6-15-7-8/h1,4-5,8,10H,2-3,6-7,13H2. The zero-order valence-corrected chi connectivity index (χ0v) is 8.53. The van der Waals surface area contributed by atoms with Crippen molar-refractivity contribution < 1.29 is 9.13 Å². The van der Waals surface area contributed by atoms with Gasteiger partial charge in [-0.05, 0) is 25.0 Å². The second-order valence-electron chi connectivity index (χ2n) is 3.87. The van der Waals surface area contributed by atoms with Gasteiger partial charge in [-0.15, -0.1) is 0 Å². The van der Waals surface area contributed by atoms with Gasteiger partial charge in [0.2, 0.25) is 0 Å². The van der Waals surface area contributed by atoms with Crippen molar-refractivity contribution in [2.45, 2.75) is 18.9 Å². The highest BCUT2D eigenvalue weighted by Gasteiger charge is 2.25. The summed E-state index contributed by atoms with van der Waals surface area (Å²) in [5.74, 6) is -0.140. The SMILES string of the molecule is NC(c1ncccc1F)C1CCCOC1. The lowest BCUT2D eigenvalue weighted by molar-refractivity contribution is 0.0437. The fourth-order valence-corrected chi connectivity index (χ4v) is 1.92. The zero-order chi connectivity index (χ0) is 10.7. The number of ether oxygens (including phenoxy) is 1. The highest BCUT2D eigenvalue weighted by atomic mass is 19.1. The lowest BCUT2D eigenvalue weighted by atomic mass is 9.92. The number of nitrogens with two attached hydrogens (primary N) is 1. The molecule has 1 fully saturated rings. The third-order valence-electron chi connectivity index (χ3n) is 2.81. The van der Waals surface area contributed by atoms with Crippen molar-refractivity contribution in [1.82, 2.24) is 4.98 Å². The molecule has 2 rings (SSSR count). The van der Waals surface area contributed by atoms with E-state index in [2.05, 4.69) is 4.98 Å². The molecule has 1 aliphatic heterocycles. The second-order valence-corrected chi connectivity index (χ2v) is 3.87. The maximum absolute atomic E-state index is 13.4. The molecule has 0 bridgehead atoms. The number of pyridine rings is 1. The minimum absolute atomic E-state index is 0.183. The van der Waals surface area contributed by atoms with Crippen LogP contribution < -0.4 is 5.73 Å². The molecule has 15 heavy (non-hydrogen) atoms. The van der Waals surface area contributed by atoms with Crippen molar-refractivity contribution in [2.75, 3.05) is 13.2 Å². The molecule has 4 heteroatoms. The van der Waals surface area contributed by atoms with E-state index in [0.29, 0.717) is 12.3 Å². The van der Waals surface area contributed by atoms with Crippen molar-refractivity contribution >= 4 is 0 Å². The van der Waals surface area contributed by atoms with Crippen LogP contribution in [0.15, 0.2) is 18.3 Å². The van der Waals surface area contributed by atoms with Crippen LogP contribution in [-0.4, -0.2) is 18.2 Å². The van der Waals surface area contributed by atoms with Gasteiger partial charge in [0.15, 0.2) is 0 Å². The molecule has 82 valence electrons. The molecule has 0 radical (unpaired) electrons. The Labute approximate surface area is 88.5 Å². The predicted octanol–water partition coefficient (Wildman–Crippen LogP) is 1.65. The molecule has 1 aromatic rings. The van der Waals surface area contributed by atoms with Crippen molar-refractivity contribution in [3.8, 4) is 0 Å². The molecule has 1 aliphatic rings. The Bertz CT molecular complexity index is 326. The summed E-state index contributed by atoms with van der Waals surface area (Å²) in [6, 6.07) is 2.61. The minimum Gasteiger partial charge on any atom is -0.381 e. The maximum Gasteiger partial charge on any atom is 0.146 e. The lowest BCUT2D eigenvalue weighted by Gasteiger charge is -2.27. The van der Waals surface area contributed by atoms with E-state index < -0.39 is 0 Å². The number of hydrogen-bond donors (Lipinski definition) is 1. The van der Waals surface area contributed by atoms with Crippen LogP contribution in [-0.2, 0) is 4.74 Å². The number of nitrogens with zero attached hydrogens (tertiary/aromatic N) is 1. The first-order chi connectivity index (χ1) is 7.29. The molecular formula is C11H15FN2O. The average molecular weight is 210 g/mol. The average Bonchev–Trinajstić information content (AvgIpc) is 2.30. The normalized spacial score (nSPS) is 23.7. The van der Waals surface area contributed by atoms with Crippen LogP contribution in [0, 0.1) is 11.7 Å². The van der Waals surface area contributed by atoms with E-state index in [1.54, 1.807) is 12.3 Å². The zero-order valence-electron chi connectivity index (χ0n) is 8.53. The van der Waals surface area contributed by atoms with Crippen molar-refractivity contribution in [2.24, 2.45) is 11.7 Å². The molecule has 2 N–H and O–H groups in total. The van der Waals surface area contributed by atoms with Gasteiger partial charge in [0.25, 0.3) is 0 Å². The van der Waals surface area contributed by atoms with Gasteiger partial charge >= 0.3 is 0 Å². The summed E-state index contributed by atoms with van der Waals surface area (Å²) in [6.45, 7) is 1.39. The summed E-state index contributed by atoms with van der Waals surface area (Å²) >= 11 is 0. The van der Waals surface area contributed by atoms with Crippen molar-refractivity contribution in [3.05, 3.63) is 29.8 Å². The summed E-state index contributed by atoms with van der Waals surface area (Å²) in [6.07, 6.45) is 3.55. The van der Waals surface area contributed by atoms with Gasteiger partial charge < -0.3 is 10.5 Å². The smallest absolute Gasteiger partial charge is 0.146 e. The Hall–Kier alpha value is -1.00. The predicted molar refractivity (Wildman–Crippen MR) is 54.7 cm³/mol. The van der Waals surface area contributed by atoms with E-state index >= 15 is 0 Å². The van der Waals surface area contributed by atoms with Crippen molar-refractivity contribution in [3.63, 3.8) is 0 Å². The first-order valence-corrected chi connectivity index (χ1v) is 5.23. The minimum atomic E-state index is -0.355. The van der Waals surface area contributed by atoms with E-state index in [0.717, 1.165) is 19.4 Å². The Balaban J connectivity index is 2.12. The molecule has 2 unspecified atom stereocenters. The van der Waals surface area contributed by atoms with Gasteiger partial charge in [0, 0.05) is 18.7 Å². The first-order valence-electron chi connectivity index (χ1n) is 5.23. The van der Waals surface area contributed by atoms with E-state index in [9.17, 15) is 4.39 Å². The lowest BCUT2D eigenvalue weighted by Crippen LogP contribution is -2.30. The van der Waals surface area contributed by atoms with Gasteiger partial charge in [0.05, 0.1) is 18.3 Å². The van der Waals surface area contributed by atoms with Gasteiger partial charge in [0.1, 0.15) is 5.82 Å². The van der Waals surface area contributed by atoms with Crippen LogP contribution in [0.2, 0.25) is 0 Å². The van der Waals surface area contributed by atoms with Gasteiger partial charge in [-0.25, -0.2) is 4.39 Å². The van der Waals surface area contributed by atoms with E-state index in [-0.39, 0.29) is 17.8 Å². The van der Waals surface area contributed by atoms with E-state index in [4.69, 9.17) is 10.5 Å². The molecule has 3 nitrogen and oxygen atoms in total. The second kappa shape index (κ2) is 4.68. The van der Waals surface area contributed by atoms with Crippen LogP contribution in [0.1, 0.15) is 24.6 Å². The van der Waals surface area contributed by atoms with Crippen LogP contribution in [0.4, 0.5) is 4.39 Å². The fraction of sp³-hybridized carbons (Fsp3) is 0.545. The number of aromatic nitrogens is 1. The Kier molecular flexibility index (Phi) is 3.28. The molecule has 0 amide bonds.